The molecule has 0 unspecified atom stereocenters. The maximum absolute atomic E-state index is 11.6. The summed E-state index contributed by atoms with van der Waals surface area (Å²) in [6.45, 7) is 0. The molecule has 5 heteroatoms. The second-order valence-corrected chi connectivity index (χ2v) is 4.75. The SMILES string of the molecule is N#Cc1ccc(C[C@@H](NC(=O)C2CC2)C(N)=O)cc1. The van der Waals surface area contributed by atoms with E-state index >= 15 is 0 Å². The van der Waals surface area contributed by atoms with Crippen LogP contribution in [0.3, 0.4) is 0 Å². The Balaban J connectivity index is 2.00. The van der Waals surface area contributed by atoms with Crippen LogP contribution in [0.4, 0.5) is 0 Å². The van der Waals surface area contributed by atoms with E-state index in [2.05, 4.69) is 5.32 Å². The van der Waals surface area contributed by atoms with Gasteiger partial charge in [0.05, 0.1) is 11.6 Å². The molecule has 19 heavy (non-hydrogen) atoms. The van der Waals surface area contributed by atoms with Gasteiger partial charge in [-0.3, -0.25) is 9.59 Å². The van der Waals surface area contributed by atoms with Gasteiger partial charge >= 0.3 is 0 Å². The molecule has 1 aliphatic carbocycles. The molecule has 1 aromatic carbocycles. The second kappa shape index (κ2) is 5.53. The van der Waals surface area contributed by atoms with Crippen molar-refractivity contribution in [3.63, 3.8) is 0 Å². The zero-order valence-corrected chi connectivity index (χ0v) is 10.4. The summed E-state index contributed by atoms with van der Waals surface area (Å²) < 4.78 is 0. The summed E-state index contributed by atoms with van der Waals surface area (Å²) in [5.41, 5.74) is 6.72. The standard InChI is InChI=1S/C14H15N3O2/c15-8-10-3-1-9(2-4-10)7-12(13(16)18)17-14(19)11-5-6-11/h1-4,11-12H,5-7H2,(H2,16,18)(H,17,19)/t12-/m1/s1. The fourth-order valence-corrected chi connectivity index (χ4v) is 1.81. The van der Waals surface area contributed by atoms with Crippen molar-refractivity contribution in [2.24, 2.45) is 11.7 Å². The molecule has 0 spiro atoms. The lowest BCUT2D eigenvalue weighted by Gasteiger charge is -2.15. The van der Waals surface area contributed by atoms with Gasteiger partial charge in [0.1, 0.15) is 6.04 Å². The van der Waals surface area contributed by atoms with Crippen LogP contribution in [0, 0.1) is 17.2 Å². The first-order chi connectivity index (χ1) is 9.10. The first-order valence-corrected chi connectivity index (χ1v) is 6.19. The number of nitrogens with zero attached hydrogens (tertiary/aromatic N) is 1. The highest BCUT2D eigenvalue weighted by molar-refractivity contribution is 5.88. The summed E-state index contributed by atoms with van der Waals surface area (Å²) in [7, 11) is 0. The molecule has 1 aliphatic rings. The highest BCUT2D eigenvalue weighted by Crippen LogP contribution is 2.28. The number of nitriles is 1. The quantitative estimate of drug-likeness (QED) is 0.803. The molecule has 5 nitrogen and oxygen atoms in total. The molecule has 1 fully saturated rings. The van der Waals surface area contributed by atoms with Gasteiger partial charge in [-0.15, -0.1) is 0 Å². The van der Waals surface area contributed by atoms with E-state index in [4.69, 9.17) is 11.0 Å². The summed E-state index contributed by atoms with van der Waals surface area (Å²) in [6, 6.07) is 8.21. The predicted molar refractivity (Wildman–Crippen MR) is 68.7 cm³/mol. The number of amides is 2. The lowest BCUT2D eigenvalue weighted by atomic mass is 10.0. The Morgan fingerprint density at radius 1 is 1.37 bits per heavy atom. The Labute approximate surface area is 111 Å². The van der Waals surface area contributed by atoms with Gasteiger partial charge in [-0.25, -0.2) is 0 Å². The molecule has 0 saturated heterocycles. The molecule has 2 amide bonds. The number of carbonyl (C=O) groups is 2. The van der Waals surface area contributed by atoms with Crippen LogP contribution in [0.5, 0.6) is 0 Å². The van der Waals surface area contributed by atoms with Gasteiger partial charge in [-0.2, -0.15) is 5.26 Å². The Hall–Kier alpha value is -2.35. The van der Waals surface area contributed by atoms with E-state index < -0.39 is 11.9 Å². The van der Waals surface area contributed by atoms with Crippen LogP contribution in [0.2, 0.25) is 0 Å². The molecular formula is C14H15N3O2. The number of hydrogen-bond acceptors (Lipinski definition) is 3. The van der Waals surface area contributed by atoms with Crippen molar-refractivity contribution >= 4 is 11.8 Å². The maximum atomic E-state index is 11.6. The van der Waals surface area contributed by atoms with E-state index in [1.54, 1.807) is 24.3 Å². The zero-order valence-electron chi connectivity index (χ0n) is 10.4. The van der Waals surface area contributed by atoms with Crippen molar-refractivity contribution in [1.82, 2.24) is 5.32 Å². The Bertz CT molecular complexity index is 527. The second-order valence-electron chi connectivity index (χ2n) is 4.75. The van der Waals surface area contributed by atoms with Crippen molar-refractivity contribution in [3.05, 3.63) is 35.4 Å². The summed E-state index contributed by atoms with van der Waals surface area (Å²) >= 11 is 0. The van der Waals surface area contributed by atoms with E-state index in [1.165, 1.54) is 0 Å². The molecule has 1 aromatic rings. The lowest BCUT2D eigenvalue weighted by molar-refractivity contribution is -0.128. The maximum Gasteiger partial charge on any atom is 0.240 e. The van der Waals surface area contributed by atoms with E-state index in [0.29, 0.717) is 12.0 Å². The number of nitrogens with one attached hydrogen (secondary N) is 1. The first kappa shape index (κ1) is 13.1. The van der Waals surface area contributed by atoms with Gasteiger partial charge in [-0.05, 0) is 30.5 Å². The minimum Gasteiger partial charge on any atom is -0.368 e. The number of carbonyl (C=O) groups excluding carboxylic acids is 2. The first-order valence-electron chi connectivity index (χ1n) is 6.19. The normalized spacial score (nSPS) is 15.3. The van der Waals surface area contributed by atoms with Crippen molar-refractivity contribution in [3.8, 4) is 6.07 Å². The van der Waals surface area contributed by atoms with Gasteiger partial charge < -0.3 is 11.1 Å². The molecule has 0 aliphatic heterocycles. The zero-order chi connectivity index (χ0) is 13.8. The third-order valence-corrected chi connectivity index (χ3v) is 3.13. The highest BCUT2D eigenvalue weighted by Gasteiger charge is 2.32. The smallest absolute Gasteiger partial charge is 0.240 e. The van der Waals surface area contributed by atoms with Crippen LogP contribution < -0.4 is 11.1 Å². The van der Waals surface area contributed by atoms with Crippen LogP contribution in [-0.2, 0) is 16.0 Å². The Morgan fingerprint density at radius 2 is 2.00 bits per heavy atom. The number of nitrogens with two attached hydrogens (primary N) is 1. The van der Waals surface area contributed by atoms with Crippen LogP contribution in [0.1, 0.15) is 24.0 Å². The molecule has 2 rings (SSSR count). The molecule has 0 heterocycles. The van der Waals surface area contributed by atoms with Crippen molar-refractivity contribution in [2.45, 2.75) is 25.3 Å². The largest absolute Gasteiger partial charge is 0.368 e. The van der Waals surface area contributed by atoms with Gasteiger partial charge in [0.15, 0.2) is 0 Å². The van der Waals surface area contributed by atoms with Gasteiger partial charge in [-0.1, -0.05) is 12.1 Å². The molecule has 0 aromatic heterocycles. The van der Waals surface area contributed by atoms with Crippen LogP contribution >= 0.6 is 0 Å². The topological polar surface area (TPSA) is 96.0 Å². The molecule has 0 bridgehead atoms. The van der Waals surface area contributed by atoms with Crippen molar-refractivity contribution in [2.75, 3.05) is 0 Å². The molecular weight excluding hydrogens is 242 g/mol. The van der Waals surface area contributed by atoms with E-state index in [9.17, 15) is 9.59 Å². The number of rotatable bonds is 5. The summed E-state index contributed by atoms with van der Waals surface area (Å²) in [5.74, 6) is -0.599. The number of primary amides is 1. The summed E-state index contributed by atoms with van der Waals surface area (Å²) in [4.78, 5) is 23.0. The third-order valence-electron chi connectivity index (χ3n) is 3.13. The monoisotopic (exact) mass is 257 g/mol. The van der Waals surface area contributed by atoms with E-state index in [-0.39, 0.29) is 11.8 Å². The Kier molecular flexibility index (Phi) is 3.81. The average Bonchev–Trinajstić information content (AvgIpc) is 3.23. The fraction of sp³-hybridized carbons (Fsp3) is 0.357. The van der Waals surface area contributed by atoms with Crippen LogP contribution in [0.15, 0.2) is 24.3 Å². The van der Waals surface area contributed by atoms with Crippen molar-refractivity contribution < 1.29 is 9.59 Å². The van der Waals surface area contributed by atoms with Crippen molar-refractivity contribution in [1.29, 1.82) is 5.26 Å². The summed E-state index contributed by atoms with van der Waals surface area (Å²) in [6.07, 6.45) is 2.11. The minimum atomic E-state index is -0.693. The predicted octanol–water partition coefficient (Wildman–Crippen LogP) is 0.481. The highest BCUT2D eigenvalue weighted by atomic mass is 16.2. The summed E-state index contributed by atoms with van der Waals surface area (Å²) in [5, 5.41) is 11.4. The third kappa shape index (κ3) is 3.55. The van der Waals surface area contributed by atoms with Gasteiger partial charge in [0.25, 0.3) is 0 Å². The Morgan fingerprint density at radius 3 is 2.47 bits per heavy atom. The lowest BCUT2D eigenvalue weighted by Crippen LogP contribution is -2.46. The van der Waals surface area contributed by atoms with E-state index in [1.807, 2.05) is 6.07 Å². The molecule has 0 radical (unpaired) electrons. The molecule has 3 N–H and O–H groups in total. The number of hydrogen-bond donors (Lipinski definition) is 2. The average molecular weight is 257 g/mol. The van der Waals surface area contributed by atoms with Gasteiger partial charge in [0, 0.05) is 12.3 Å². The van der Waals surface area contributed by atoms with Gasteiger partial charge in [0.2, 0.25) is 11.8 Å². The molecule has 1 saturated carbocycles. The van der Waals surface area contributed by atoms with E-state index in [0.717, 1.165) is 18.4 Å². The van der Waals surface area contributed by atoms with Crippen LogP contribution in [0.25, 0.3) is 0 Å². The van der Waals surface area contributed by atoms with Crippen LogP contribution in [-0.4, -0.2) is 17.9 Å². The fourth-order valence-electron chi connectivity index (χ4n) is 1.81. The molecule has 98 valence electrons. The number of benzene rings is 1. The molecule has 1 atom stereocenters. The minimum absolute atomic E-state index is 0.0443.